The summed E-state index contributed by atoms with van der Waals surface area (Å²) in [5, 5.41) is 0. The van der Waals surface area contributed by atoms with E-state index in [0.717, 1.165) is 6.54 Å². The first-order valence-electron chi connectivity index (χ1n) is 7.80. The quantitative estimate of drug-likeness (QED) is 0.750. The number of rotatable bonds is 2. The molecule has 0 radical (unpaired) electrons. The average Bonchev–Trinajstić information content (AvgIpc) is 2.68. The third-order valence-corrected chi connectivity index (χ3v) is 5.24. The Bertz CT molecular complexity index is 422. The summed E-state index contributed by atoms with van der Waals surface area (Å²) in [5.74, 6) is 0. The zero-order chi connectivity index (χ0) is 14.0. The molecule has 19 heavy (non-hydrogen) atoms. The molecule has 1 aliphatic heterocycles. The normalized spacial score (nSPS) is 17.5. The van der Waals surface area contributed by atoms with Crippen molar-refractivity contribution in [1.29, 1.82) is 0 Å². The SMILES string of the molecule is Cc1c(C)c(C)c(CN2CCCCCC2)c(C)c1C. The van der Waals surface area contributed by atoms with Crippen LogP contribution in [0, 0.1) is 34.6 Å². The molecule has 1 heterocycles. The highest BCUT2D eigenvalue weighted by Crippen LogP contribution is 2.27. The van der Waals surface area contributed by atoms with E-state index in [4.69, 9.17) is 0 Å². The summed E-state index contributed by atoms with van der Waals surface area (Å²) in [6.45, 7) is 15.2. The van der Waals surface area contributed by atoms with E-state index < -0.39 is 0 Å². The van der Waals surface area contributed by atoms with Gasteiger partial charge in [-0.3, -0.25) is 4.90 Å². The van der Waals surface area contributed by atoms with Crippen LogP contribution < -0.4 is 0 Å². The average molecular weight is 259 g/mol. The fourth-order valence-corrected chi connectivity index (χ4v) is 3.33. The van der Waals surface area contributed by atoms with Crippen LogP contribution in [-0.4, -0.2) is 18.0 Å². The highest BCUT2D eigenvalue weighted by atomic mass is 15.1. The summed E-state index contributed by atoms with van der Waals surface area (Å²) in [4.78, 5) is 2.66. The van der Waals surface area contributed by atoms with Gasteiger partial charge in [-0.05, 0) is 93.9 Å². The van der Waals surface area contributed by atoms with Crippen LogP contribution in [0.15, 0.2) is 0 Å². The van der Waals surface area contributed by atoms with Crippen molar-refractivity contribution in [3.8, 4) is 0 Å². The Labute approximate surface area is 119 Å². The van der Waals surface area contributed by atoms with Crippen LogP contribution in [0.2, 0.25) is 0 Å². The maximum absolute atomic E-state index is 2.66. The Hall–Kier alpha value is -0.820. The van der Waals surface area contributed by atoms with Crippen LogP contribution in [0.1, 0.15) is 59.1 Å². The summed E-state index contributed by atoms with van der Waals surface area (Å²) < 4.78 is 0. The number of hydrogen-bond acceptors (Lipinski definition) is 1. The molecule has 0 saturated carbocycles. The van der Waals surface area contributed by atoms with Gasteiger partial charge in [-0.15, -0.1) is 0 Å². The van der Waals surface area contributed by atoms with Gasteiger partial charge in [0.2, 0.25) is 0 Å². The first-order chi connectivity index (χ1) is 9.02. The van der Waals surface area contributed by atoms with Gasteiger partial charge in [0.15, 0.2) is 0 Å². The predicted molar refractivity (Wildman–Crippen MR) is 83.9 cm³/mol. The molecule has 0 atom stereocenters. The minimum absolute atomic E-state index is 1.15. The highest BCUT2D eigenvalue weighted by Gasteiger charge is 2.16. The molecule has 0 N–H and O–H groups in total. The smallest absolute Gasteiger partial charge is 0.0239 e. The Morgan fingerprint density at radius 2 is 1.05 bits per heavy atom. The molecule has 0 aliphatic carbocycles. The van der Waals surface area contributed by atoms with Gasteiger partial charge in [0.25, 0.3) is 0 Å². The van der Waals surface area contributed by atoms with Gasteiger partial charge in [-0.2, -0.15) is 0 Å². The van der Waals surface area contributed by atoms with Crippen molar-refractivity contribution >= 4 is 0 Å². The van der Waals surface area contributed by atoms with E-state index in [1.807, 2.05) is 0 Å². The fourth-order valence-electron chi connectivity index (χ4n) is 3.33. The summed E-state index contributed by atoms with van der Waals surface area (Å²) in [6.07, 6.45) is 5.59. The van der Waals surface area contributed by atoms with Crippen molar-refractivity contribution in [2.24, 2.45) is 0 Å². The van der Waals surface area contributed by atoms with Crippen LogP contribution in [0.3, 0.4) is 0 Å². The van der Waals surface area contributed by atoms with Gasteiger partial charge in [0.1, 0.15) is 0 Å². The molecular weight excluding hydrogens is 230 g/mol. The molecule has 106 valence electrons. The molecular formula is C18H29N. The Balaban J connectivity index is 2.29. The molecule has 0 amide bonds. The van der Waals surface area contributed by atoms with Crippen LogP contribution in [0.4, 0.5) is 0 Å². The molecule has 1 fully saturated rings. The number of benzene rings is 1. The summed E-state index contributed by atoms with van der Waals surface area (Å²) in [6, 6.07) is 0. The Morgan fingerprint density at radius 3 is 1.53 bits per heavy atom. The van der Waals surface area contributed by atoms with Gasteiger partial charge >= 0.3 is 0 Å². The highest BCUT2D eigenvalue weighted by molar-refractivity contribution is 5.49. The predicted octanol–water partition coefficient (Wildman–Crippen LogP) is 4.60. The zero-order valence-corrected chi connectivity index (χ0v) is 13.4. The first kappa shape index (κ1) is 14.6. The van der Waals surface area contributed by atoms with Gasteiger partial charge in [0, 0.05) is 6.54 Å². The Kier molecular flexibility index (Phi) is 4.67. The summed E-state index contributed by atoms with van der Waals surface area (Å²) >= 11 is 0. The van der Waals surface area contributed by atoms with Crippen molar-refractivity contribution < 1.29 is 0 Å². The van der Waals surface area contributed by atoms with E-state index in [1.54, 1.807) is 5.56 Å². The lowest BCUT2D eigenvalue weighted by Crippen LogP contribution is -2.25. The number of likely N-dealkylation sites (tertiary alicyclic amines) is 1. The van der Waals surface area contributed by atoms with Crippen LogP contribution in [0.25, 0.3) is 0 Å². The molecule has 0 bridgehead atoms. The fraction of sp³-hybridized carbons (Fsp3) is 0.667. The first-order valence-corrected chi connectivity index (χ1v) is 7.80. The van der Waals surface area contributed by atoms with Crippen molar-refractivity contribution in [1.82, 2.24) is 4.90 Å². The van der Waals surface area contributed by atoms with E-state index in [-0.39, 0.29) is 0 Å². The van der Waals surface area contributed by atoms with Gasteiger partial charge in [-0.1, -0.05) is 12.8 Å². The van der Waals surface area contributed by atoms with Crippen LogP contribution in [-0.2, 0) is 6.54 Å². The van der Waals surface area contributed by atoms with Crippen LogP contribution >= 0.6 is 0 Å². The minimum Gasteiger partial charge on any atom is -0.299 e. The van der Waals surface area contributed by atoms with Crippen molar-refractivity contribution in [3.63, 3.8) is 0 Å². The molecule has 1 nitrogen and oxygen atoms in total. The largest absolute Gasteiger partial charge is 0.299 e. The van der Waals surface area contributed by atoms with Gasteiger partial charge in [-0.25, -0.2) is 0 Å². The van der Waals surface area contributed by atoms with Gasteiger partial charge in [0.05, 0.1) is 0 Å². The van der Waals surface area contributed by atoms with E-state index in [0.29, 0.717) is 0 Å². The van der Waals surface area contributed by atoms with Crippen molar-refractivity contribution in [3.05, 3.63) is 33.4 Å². The van der Waals surface area contributed by atoms with E-state index in [9.17, 15) is 0 Å². The topological polar surface area (TPSA) is 3.24 Å². The monoisotopic (exact) mass is 259 g/mol. The van der Waals surface area contributed by atoms with Crippen molar-refractivity contribution in [2.45, 2.75) is 66.8 Å². The second-order valence-electron chi connectivity index (χ2n) is 6.29. The molecule has 1 heteroatoms. The third kappa shape index (κ3) is 3.02. The summed E-state index contributed by atoms with van der Waals surface area (Å²) in [5.41, 5.74) is 9.09. The van der Waals surface area contributed by atoms with E-state index in [1.165, 1.54) is 66.6 Å². The molecule has 0 unspecified atom stereocenters. The standard InChI is InChI=1S/C18H29N/c1-13-14(2)16(4)18(17(5)15(13)3)12-19-10-8-6-7-9-11-19/h6-12H2,1-5H3. The van der Waals surface area contributed by atoms with Crippen LogP contribution in [0.5, 0.6) is 0 Å². The molecule has 2 rings (SSSR count). The van der Waals surface area contributed by atoms with E-state index >= 15 is 0 Å². The van der Waals surface area contributed by atoms with Gasteiger partial charge < -0.3 is 0 Å². The second-order valence-corrected chi connectivity index (χ2v) is 6.29. The molecule has 1 aromatic carbocycles. The minimum atomic E-state index is 1.15. The lowest BCUT2D eigenvalue weighted by Gasteiger charge is -2.25. The Morgan fingerprint density at radius 1 is 0.632 bits per heavy atom. The van der Waals surface area contributed by atoms with Crippen molar-refractivity contribution in [2.75, 3.05) is 13.1 Å². The summed E-state index contributed by atoms with van der Waals surface area (Å²) in [7, 11) is 0. The number of nitrogens with zero attached hydrogens (tertiary/aromatic N) is 1. The second kappa shape index (κ2) is 6.09. The number of hydrogen-bond donors (Lipinski definition) is 0. The molecule has 0 aromatic heterocycles. The maximum Gasteiger partial charge on any atom is 0.0239 e. The zero-order valence-electron chi connectivity index (χ0n) is 13.4. The maximum atomic E-state index is 2.66. The lowest BCUT2D eigenvalue weighted by atomic mass is 9.89. The third-order valence-electron chi connectivity index (χ3n) is 5.24. The molecule has 1 aliphatic rings. The molecule has 1 saturated heterocycles. The lowest BCUT2D eigenvalue weighted by molar-refractivity contribution is 0.276. The molecule has 1 aromatic rings. The van der Waals surface area contributed by atoms with E-state index in [2.05, 4.69) is 39.5 Å². The molecule has 0 spiro atoms.